The van der Waals surface area contributed by atoms with E-state index in [0.29, 0.717) is 12.5 Å². The molecule has 1 aromatic heterocycles. The third-order valence-electron chi connectivity index (χ3n) is 4.55. The first-order valence-electron chi connectivity index (χ1n) is 8.48. The van der Waals surface area contributed by atoms with Crippen molar-refractivity contribution in [3.8, 4) is 11.1 Å². The summed E-state index contributed by atoms with van der Waals surface area (Å²) in [4.78, 5) is 4.91. The molecule has 0 spiro atoms. The van der Waals surface area contributed by atoms with Crippen LogP contribution in [0.3, 0.4) is 0 Å². The summed E-state index contributed by atoms with van der Waals surface area (Å²) in [5, 5.41) is 10.1. The van der Waals surface area contributed by atoms with Gasteiger partial charge in [0, 0.05) is 35.5 Å². The Hall–Kier alpha value is -1.78. The molecule has 0 atom stereocenters. The van der Waals surface area contributed by atoms with E-state index >= 15 is 0 Å². The Morgan fingerprint density at radius 2 is 1.88 bits per heavy atom. The van der Waals surface area contributed by atoms with Gasteiger partial charge in [0.05, 0.1) is 13.2 Å². The zero-order valence-electron chi connectivity index (χ0n) is 14.5. The van der Waals surface area contributed by atoms with Crippen molar-refractivity contribution < 1.29 is 14.2 Å². The van der Waals surface area contributed by atoms with Crippen LogP contribution >= 0.6 is 0 Å². The predicted octanol–water partition coefficient (Wildman–Crippen LogP) is 4.53. The van der Waals surface area contributed by atoms with Crippen molar-refractivity contribution in [1.82, 2.24) is 4.98 Å². The van der Waals surface area contributed by atoms with Gasteiger partial charge in [0.1, 0.15) is 5.82 Å². The van der Waals surface area contributed by atoms with Gasteiger partial charge in [0.25, 0.3) is 0 Å². The van der Waals surface area contributed by atoms with Crippen molar-refractivity contribution in [3.05, 3.63) is 52.6 Å². The van der Waals surface area contributed by atoms with Crippen LogP contribution in [0.4, 0.5) is 4.39 Å². The number of rotatable bonds is 6. The largest absolute Gasteiger partial charge is 0.392 e. The summed E-state index contributed by atoms with van der Waals surface area (Å²) in [6, 6.07) is 6.45. The Morgan fingerprint density at radius 3 is 2.38 bits per heavy atom. The summed E-state index contributed by atoms with van der Waals surface area (Å²) in [6.07, 6.45) is 2.23. The van der Waals surface area contributed by atoms with Crippen molar-refractivity contribution in [1.29, 1.82) is 0 Å². The van der Waals surface area contributed by atoms with Crippen LogP contribution in [-0.2, 0) is 18.0 Å². The first kappa shape index (κ1) is 17.1. The second-order valence-electron chi connectivity index (χ2n) is 6.74. The van der Waals surface area contributed by atoms with Gasteiger partial charge < -0.3 is 9.84 Å². The Labute approximate surface area is 142 Å². The third-order valence-corrected chi connectivity index (χ3v) is 4.55. The molecule has 24 heavy (non-hydrogen) atoms. The molecule has 1 heterocycles. The number of pyridine rings is 1. The smallest absolute Gasteiger partial charge is 0.123 e. The van der Waals surface area contributed by atoms with Crippen LogP contribution in [0.25, 0.3) is 11.1 Å². The molecular formula is C20H24FNO2. The summed E-state index contributed by atoms with van der Waals surface area (Å²) in [6.45, 7) is 4.59. The maximum atomic E-state index is 13.4. The zero-order chi connectivity index (χ0) is 17.3. The number of hydrogen-bond donors (Lipinski definition) is 1. The minimum Gasteiger partial charge on any atom is -0.392 e. The molecule has 1 aliphatic rings. The Bertz CT molecular complexity index is 721. The zero-order valence-corrected chi connectivity index (χ0v) is 14.5. The number of methoxy groups -OCH3 is 1. The fraction of sp³-hybridized carbons (Fsp3) is 0.450. The molecule has 0 bridgehead atoms. The molecule has 0 aliphatic heterocycles. The van der Waals surface area contributed by atoms with Crippen LogP contribution in [0, 0.1) is 5.82 Å². The predicted molar refractivity (Wildman–Crippen MR) is 92.3 cm³/mol. The van der Waals surface area contributed by atoms with Crippen molar-refractivity contribution in [2.24, 2.45) is 0 Å². The van der Waals surface area contributed by atoms with Gasteiger partial charge in [-0.05, 0) is 42.0 Å². The summed E-state index contributed by atoms with van der Waals surface area (Å²) in [5.74, 6) is 0.415. The lowest BCUT2D eigenvalue weighted by atomic mass is 9.89. The van der Waals surface area contributed by atoms with E-state index < -0.39 is 0 Å². The topological polar surface area (TPSA) is 42.4 Å². The average molecular weight is 329 g/mol. The molecule has 0 unspecified atom stereocenters. The Morgan fingerprint density at radius 1 is 1.21 bits per heavy atom. The minimum atomic E-state index is -0.266. The molecule has 1 aliphatic carbocycles. The molecule has 1 aromatic carbocycles. The molecule has 4 heteroatoms. The van der Waals surface area contributed by atoms with Gasteiger partial charge in [0.15, 0.2) is 0 Å². The maximum absolute atomic E-state index is 13.4. The molecule has 128 valence electrons. The van der Waals surface area contributed by atoms with E-state index in [-0.39, 0.29) is 18.3 Å². The van der Waals surface area contributed by atoms with Gasteiger partial charge in [-0.25, -0.2) is 4.39 Å². The van der Waals surface area contributed by atoms with E-state index in [1.807, 2.05) is 0 Å². The highest BCUT2D eigenvalue weighted by Crippen LogP contribution is 2.45. The summed E-state index contributed by atoms with van der Waals surface area (Å²) in [7, 11) is 1.66. The Balaban J connectivity index is 2.30. The molecular weight excluding hydrogens is 305 g/mol. The fourth-order valence-corrected chi connectivity index (χ4v) is 3.29. The molecule has 1 N–H and O–H groups in total. The van der Waals surface area contributed by atoms with Crippen LogP contribution in [0.2, 0.25) is 0 Å². The number of halogens is 1. The van der Waals surface area contributed by atoms with Crippen LogP contribution in [0.15, 0.2) is 24.3 Å². The van der Waals surface area contributed by atoms with E-state index in [1.165, 1.54) is 12.1 Å². The molecule has 1 saturated carbocycles. The van der Waals surface area contributed by atoms with Crippen LogP contribution < -0.4 is 0 Å². The van der Waals surface area contributed by atoms with Gasteiger partial charge in [-0.2, -0.15) is 0 Å². The second kappa shape index (κ2) is 6.99. The minimum absolute atomic E-state index is 0.0688. The quantitative estimate of drug-likeness (QED) is 0.847. The highest BCUT2D eigenvalue weighted by Gasteiger charge is 2.31. The fourth-order valence-electron chi connectivity index (χ4n) is 3.29. The van der Waals surface area contributed by atoms with Crippen LogP contribution in [0.5, 0.6) is 0 Å². The number of aromatic nitrogens is 1. The highest BCUT2D eigenvalue weighted by atomic mass is 19.1. The highest BCUT2D eigenvalue weighted by molar-refractivity contribution is 5.73. The van der Waals surface area contributed by atoms with Gasteiger partial charge in [-0.1, -0.05) is 26.0 Å². The van der Waals surface area contributed by atoms with Gasteiger partial charge in [0.2, 0.25) is 0 Å². The van der Waals surface area contributed by atoms with E-state index in [2.05, 4.69) is 13.8 Å². The average Bonchev–Trinajstić information content (AvgIpc) is 3.40. The first-order chi connectivity index (χ1) is 11.6. The summed E-state index contributed by atoms with van der Waals surface area (Å²) >= 11 is 0. The molecule has 1 fully saturated rings. The van der Waals surface area contributed by atoms with Gasteiger partial charge >= 0.3 is 0 Å². The number of benzene rings is 1. The van der Waals surface area contributed by atoms with Crippen LogP contribution in [-0.4, -0.2) is 17.2 Å². The van der Waals surface area contributed by atoms with E-state index in [4.69, 9.17) is 9.72 Å². The number of hydrogen-bond acceptors (Lipinski definition) is 3. The molecule has 0 amide bonds. The molecule has 0 saturated heterocycles. The lowest BCUT2D eigenvalue weighted by molar-refractivity contribution is 0.183. The second-order valence-corrected chi connectivity index (χ2v) is 6.74. The van der Waals surface area contributed by atoms with E-state index in [0.717, 1.165) is 46.5 Å². The maximum Gasteiger partial charge on any atom is 0.123 e. The summed E-state index contributed by atoms with van der Waals surface area (Å²) < 4.78 is 18.8. The lowest BCUT2D eigenvalue weighted by Crippen LogP contribution is -2.11. The van der Waals surface area contributed by atoms with Crippen LogP contribution in [0.1, 0.15) is 61.0 Å². The molecule has 3 rings (SSSR count). The van der Waals surface area contributed by atoms with Crippen molar-refractivity contribution in [3.63, 3.8) is 0 Å². The van der Waals surface area contributed by atoms with Crippen molar-refractivity contribution >= 4 is 0 Å². The number of ether oxygens (including phenoxy) is 1. The summed E-state index contributed by atoms with van der Waals surface area (Å²) in [5.41, 5.74) is 5.72. The standard InChI is InChI=1S/C20H24FNO2/c1-12(2)19-17(11-24-3)18(13-6-8-15(21)9-7-13)16(10-23)20(22-19)14-4-5-14/h6-9,12,14,23H,4-5,10-11H2,1-3H3. The Kier molecular flexibility index (Phi) is 4.97. The van der Waals surface area contributed by atoms with E-state index in [1.54, 1.807) is 19.2 Å². The lowest BCUT2D eigenvalue weighted by Gasteiger charge is -2.22. The molecule has 3 nitrogen and oxygen atoms in total. The van der Waals surface area contributed by atoms with Crippen molar-refractivity contribution in [2.75, 3.05) is 7.11 Å². The first-order valence-corrected chi connectivity index (χ1v) is 8.48. The van der Waals surface area contributed by atoms with Gasteiger partial charge in [-0.15, -0.1) is 0 Å². The van der Waals surface area contributed by atoms with Gasteiger partial charge in [-0.3, -0.25) is 4.98 Å². The molecule has 2 aromatic rings. The van der Waals surface area contributed by atoms with E-state index in [9.17, 15) is 9.50 Å². The third kappa shape index (κ3) is 3.21. The molecule has 0 radical (unpaired) electrons. The SMILES string of the molecule is COCc1c(C(C)C)nc(C2CC2)c(CO)c1-c1ccc(F)cc1. The number of aliphatic hydroxyl groups is 1. The number of aliphatic hydroxyl groups excluding tert-OH is 1. The number of nitrogens with zero attached hydrogens (tertiary/aromatic N) is 1. The monoisotopic (exact) mass is 329 g/mol. The normalized spacial score (nSPS) is 14.4. The van der Waals surface area contributed by atoms with Crippen molar-refractivity contribution in [2.45, 2.75) is 51.7 Å².